The van der Waals surface area contributed by atoms with Crippen LogP contribution in [0.4, 0.5) is 4.39 Å². The van der Waals surface area contributed by atoms with Crippen LogP contribution in [0.2, 0.25) is 5.02 Å². The van der Waals surface area contributed by atoms with E-state index in [0.717, 1.165) is 18.5 Å². The van der Waals surface area contributed by atoms with Crippen molar-refractivity contribution in [2.24, 2.45) is 0 Å². The van der Waals surface area contributed by atoms with Crippen molar-refractivity contribution in [3.63, 3.8) is 0 Å². The van der Waals surface area contributed by atoms with Gasteiger partial charge in [-0.05, 0) is 37.1 Å². The molecule has 0 radical (unpaired) electrons. The lowest BCUT2D eigenvalue weighted by Gasteiger charge is -2.24. The highest BCUT2D eigenvalue weighted by Crippen LogP contribution is 2.29. The Hall–Kier alpha value is -0.310. The summed E-state index contributed by atoms with van der Waals surface area (Å²) in [6, 6.07) is 4.93. The van der Waals surface area contributed by atoms with Crippen LogP contribution >= 0.6 is 24.0 Å². The number of halogens is 3. The van der Waals surface area contributed by atoms with Gasteiger partial charge in [0.2, 0.25) is 0 Å². The summed E-state index contributed by atoms with van der Waals surface area (Å²) in [6.45, 7) is 1.03. The fourth-order valence-electron chi connectivity index (χ4n) is 1.90. The molecule has 1 aliphatic heterocycles. The maximum Gasteiger partial charge on any atom is 0.124 e. The summed E-state index contributed by atoms with van der Waals surface area (Å²) < 4.78 is 12.8. The predicted molar refractivity (Wildman–Crippen MR) is 63.3 cm³/mol. The smallest absolute Gasteiger partial charge is 0.124 e. The first-order chi connectivity index (χ1) is 6.77. The molecule has 0 aliphatic carbocycles. The van der Waals surface area contributed by atoms with Crippen molar-refractivity contribution < 1.29 is 4.39 Å². The SMILES string of the molecule is Cl.Fc1ccc([C@H]2CCCCN2)c(Cl)c1. The van der Waals surface area contributed by atoms with E-state index in [1.165, 1.54) is 25.0 Å². The topological polar surface area (TPSA) is 12.0 Å². The third-order valence-corrected chi connectivity index (χ3v) is 2.98. The van der Waals surface area contributed by atoms with Crippen LogP contribution in [0, 0.1) is 5.82 Å². The Balaban J connectivity index is 0.00000112. The van der Waals surface area contributed by atoms with Crippen LogP contribution in [0.3, 0.4) is 0 Å². The minimum Gasteiger partial charge on any atom is -0.310 e. The predicted octanol–water partition coefficient (Wildman–Crippen LogP) is 3.72. The lowest BCUT2D eigenvalue weighted by Crippen LogP contribution is -2.26. The van der Waals surface area contributed by atoms with Gasteiger partial charge in [-0.2, -0.15) is 0 Å². The Morgan fingerprint density at radius 2 is 2.13 bits per heavy atom. The maximum atomic E-state index is 12.8. The summed E-state index contributed by atoms with van der Waals surface area (Å²) in [6.07, 6.45) is 3.52. The largest absolute Gasteiger partial charge is 0.310 e. The summed E-state index contributed by atoms with van der Waals surface area (Å²) >= 11 is 5.98. The molecule has 2 rings (SSSR count). The van der Waals surface area contributed by atoms with Crippen molar-refractivity contribution in [2.45, 2.75) is 25.3 Å². The van der Waals surface area contributed by atoms with Crippen LogP contribution < -0.4 is 5.32 Å². The number of rotatable bonds is 1. The van der Waals surface area contributed by atoms with Gasteiger partial charge in [0.1, 0.15) is 5.82 Å². The summed E-state index contributed by atoms with van der Waals surface area (Å²) in [5, 5.41) is 3.92. The summed E-state index contributed by atoms with van der Waals surface area (Å²) in [5.74, 6) is -0.269. The summed E-state index contributed by atoms with van der Waals surface area (Å²) in [7, 11) is 0. The molecule has 1 aliphatic rings. The van der Waals surface area contributed by atoms with Crippen molar-refractivity contribution in [3.8, 4) is 0 Å². The second-order valence-corrected chi connectivity index (χ2v) is 4.08. The molecule has 1 saturated heterocycles. The average Bonchev–Trinajstić information content (AvgIpc) is 2.19. The van der Waals surface area contributed by atoms with Gasteiger partial charge in [-0.15, -0.1) is 12.4 Å². The monoisotopic (exact) mass is 249 g/mol. The zero-order valence-corrected chi connectivity index (χ0v) is 9.87. The van der Waals surface area contributed by atoms with Gasteiger partial charge in [0.15, 0.2) is 0 Å². The molecule has 1 atom stereocenters. The van der Waals surface area contributed by atoms with E-state index in [0.29, 0.717) is 11.1 Å². The molecule has 1 nitrogen and oxygen atoms in total. The molecule has 0 saturated carbocycles. The highest BCUT2D eigenvalue weighted by atomic mass is 35.5. The van der Waals surface area contributed by atoms with Gasteiger partial charge >= 0.3 is 0 Å². The molecule has 84 valence electrons. The molecule has 1 fully saturated rings. The van der Waals surface area contributed by atoms with E-state index in [1.54, 1.807) is 6.07 Å². The fourth-order valence-corrected chi connectivity index (χ4v) is 2.20. The van der Waals surface area contributed by atoms with E-state index in [1.807, 2.05) is 0 Å². The highest BCUT2D eigenvalue weighted by molar-refractivity contribution is 6.31. The van der Waals surface area contributed by atoms with E-state index >= 15 is 0 Å². The zero-order chi connectivity index (χ0) is 9.97. The van der Waals surface area contributed by atoms with Gasteiger partial charge in [0, 0.05) is 11.1 Å². The molecule has 0 amide bonds. The average molecular weight is 250 g/mol. The van der Waals surface area contributed by atoms with E-state index in [2.05, 4.69) is 5.32 Å². The van der Waals surface area contributed by atoms with Crippen molar-refractivity contribution >= 4 is 24.0 Å². The van der Waals surface area contributed by atoms with E-state index < -0.39 is 0 Å². The molecule has 4 heteroatoms. The lowest BCUT2D eigenvalue weighted by molar-refractivity contribution is 0.412. The Labute approximate surface area is 100 Å². The van der Waals surface area contributed by atoms with Gasteiger partial charge in [-0.1, -0.05) is 24.1 Å². The van der Waals surface area contributed by atoms with Crippen LogP contribution in [-0.2, 0) is 0 Å². The molecule has 15 heavy (non-hydrogen) atoms. The number of nitrogens with one attached hydrogen (secondary N) is 1. The first-order valence-corrected chi connectivity index (χ1v) is 5.33. The van der Waals surface area contributed by atoms with Crippen molar-refractivity contribution in [1.82, 2.24) is 5.32 Å². The van der Waals surface area contributed by atoms with Crippen LogP contribution in [0.5, 0.6) is 0 Å². The number of hydrogen-bond acceptors (Lipinski definition) is 1. The van der Waals surface area contributed by atoms with Crippen molar-refractivity contribution in [1.29, 1.82) is 0 Å². The molecule has 1 heterocycles. The fraction of sp³-hybridized carbons (Fsp3) is 0.455. The standard InChI is InChI=1S/C11H13ClFN.ClH/c12-10-7-8(13)4-5-9(10)11-3-1-2-6-14-11;/h4-5,7,11,14H,1-3,6H2;1H/t11-;/m1./s1. The Morgan fingerprint density at radius 1 is 1.33 bits per heavy atom. The molecular weight excluding hydrogens is 236 g/mol. The van der Waals surface area contributed by atoms with Crippen molar-refractivity contribution in [3.05, 3.63) is 34.6 Å². The number of hydrogen-bond donors (Lipinski definition) is 1. The normalized spacial score (nSPS) is 20.8. The maximum absolute atomic E-state index is 12.8. The van der Waals surface area contributed by atoms with Gasteiger partial charge < -0.3 is 5.32 Å². The minimum atomic E-state index is -0.269. The molecule has 1 aromatic carbocycles. The molecular formula is C11H14Cl2FN. The number of benzene rings is 1. The van der Waals surface area contributed by atoms with Crippen LogP contribution in [0.1, 0.15) is 30.9 Å². The quantitative estimate of drug-likeness (QED) is 0.801. The van der Waals surface area contributed by atoms with Gasteiger partial charge in [-0.25, -0.2) is 4.39 Å². The Bertz CT molecular complexity index is 324. The molecule has 1 aromatic rings. The van der Waals surface area contributed by atoms with E-state index in [9.17, 15) is 4.39 Å². The summed E-state index contributed by atoms with van der Waals surface area (Å²) in [4.78, 5) is 0. The molecule has 0 spiro atoms. The first kappa shape index (κ1) is 12.8. The lowest BCUT2D eigenvalue weighted by atomic mass is 9.97. The Morgan fingerprint density at radius 3 is 2.73 bits per heavy atom. The minimum absolute atomic E-state index is 0. The van der Waals surface area contributed by atoms with Gasteiger partial charge in [0.05, 0.1) is 0 Å². The van der Waals surface area contributed by atoms with Crippen LogP contribution in [0.25, 0.3) is 0 Å². The molecule has 0 unspecified atom stereocenters. The summed E-state index contributed by atoms with van der Waals surface area (Å²) in [5.41, 5.74) is 1.02. The third kappa shape index (κ3) is 3.07. The molecule has 0 aromatic heterocycles. The van der Waals surface area contributed by atoms with Gasteiger partial charge in [-0.3, -0.25) is 0 Å². The second kappa shape index (κ2) is 5.69. The zero-order valence-electron chi connectivity index (χ0n) is 8.30. The molecule has 1 N–H and O–H groups in total. The number of piperidine rings is 1. The second-order valence-electron chi connectivity index (χ2n) is 3.67. The van der Waals surface area contributed by atoms with Crippen LogP contribution in [-0.4, -0.2) is 6.54 Å². The third-order valence-electron chi connectivity index (χ3n) is 2.65. The highest BCUT2D eigenvalue weighted by Gasteiger charge is 2.17. The molecule has 0 bridgehead atoms. The van der Waals surface area contributed by atoms with E-state index in [4.69, 9.17) is 11.6 Å². The van der Waals surface area contributed by atoms with Crippen LogP contribution in [0.15, 0.2) is 18.2 Å². The van der Waals surface area contributed by atoms with Crippen molar-refractivity contribution in [2.75, 3.05) is 6.54 Å². The van der Waals surface area contributed by atoms with E-state index in [-0.39, 0.29) is 18.2 Å². The Kier molecular flexibility index (Phi) is 4.84. The van der Waals surface area contributed by atoms with Gasteiger partial charge in [0.25, 0.3) is 0 Å². The first-order valence-electron chi connectivity index (χ1n) is 4.96.